The lowest BCUT2D eigenvalue weighted by atomic mass is 10.0. The van der Waals surface area contributed by atoms with Crippen LogP contribution in [0.2, 0.25) is 5.02 Å². The first-order chi connectivity index (χ1) is 8.16. The molecule has 0 aliphatic rings. The Bertz CT molecular complexity index is 449. The van der Waals surface area contributed by atoms with E-state index in [2.05, 4.69) is 29.1 Å². The Morgan fingerprint density at radius 1 is 1.17 bits per heavy atom. The maximum absolute atomic E-state index is 6.06. The van der Waals surface area contributed by atoms with E-state index >= 15 is 0 Å². The van der Waals surface area contributed by atoms with Crippen LogP contribution in [0.25, 0.3) is 0 Å². The molecule has 0 radical (unpaired) electrons. The number of rotatable bonds is 4. The van der Waals surface area contributed by atoms with Crippen LogP contribution in [0.1, 0.15) is 18.5 Å². The Balaban J connectivity index is 0.00000162. The predicted molar refractivity (Wildman–Crippen MR) is 79.5 cm³/mol. The summed E-state index contributed by atoms with van der Waals surface area (Å²) in [4.78, 5) is 0. The molecule has 18 heavy (non-hydrogen) atoms. The Morgan fingerprint density at radius 3 is 2.22 bits per heavy atom. The average Bonchev–Trinajstić information content (AvgIpc) is 2.81. The van der Waals surface area contributed by atoms with Gasteiger partial charge in [-0.3, -0.25) is 0 Å². The number of hydrogen-bond acceptors (Lipinski definition) is 1. The minimum atomic E-state index is 0. The lowest BCUT2D eigenvalue weighted by molar-refractivity contribution is 0.428. The molecule has 0 aliphatic heterocycles. The molecule has 1 aromatic heterocycles. The molecule has 2 nitrogen and oxygen atoms in total. The van der Waals surface area contributed by atoms with Gasteiger partial charge >= 0.3 is 0 Å². The first-order valence-electron chi connectivity index (χ1n) is 5.79. The zero-order valence-electron chi connectivity index (χ0n) is 10.3. The fraction of sp³-hybridized carbons (Fsp3) is 0.286. The van der Waals surface area contributed by atoms with Crippen molar-refractivity contribution in [1.29, 1.82) is 0 Å². The molecule has 0 bridgehead atoms. The number of benzene rings is 1. The number of nitrogens with zero attached hydrogens (tertiary/aromatic N) is 1. The highest BCUT2D eigenvalue weighted by molar-refractivity contribution is 6.30. The molecule has 2 atom stereocenters. The van der Waals surface area contributed by atoms with Gasteiger partial charge in [0.25, 0.3) is 0 Å². The van der Waals surface area contributed by atoms with Crippen molar-refractivity contribution in [3.63, 3.8) is 0 Å². The second kappa shape index (κ2) is 6.83. The standard InChI is InChI=1S/C14H17ClN2.ClH/c1-11(16)14(17-8-2-3-9-17)10-12-4-6-13(15)7-5-12;/h2-9,11,14H,10,16H2,1H3;1H. The molecule has 0 aliphatic carbocycles. The molecule has 0 saturated heterocycles. The zero-order chi connectivity index (χ0) is 12.3. The second-order valence-electron chi connectivity index (χ2n) is 4.39. The average molecular weight is 285 g/mol. The van der Waals surface area contributed by atoms with Gasteiger partial charge in [-0.2, -0.15) is 0 Å². The van der Waals surface area contributed by atoms with Crippen LogP contribution in [0.4, 0.5) is 0 Å². The summed E-state index contributed by atoms with van der Waals surface area (Å²) >= 11 is 5.88. The quantitative estimate of drug-likeness (QED) is 0.912. The van der Waals surface area contributed by atoms with Gasteiger partial charge in [-0.25, -0.2) is 0 Å². The Morgan fingerprint density at radius 2 is 1.72 bits per heavy atom. The van der Waals surface area contributed by atoms with Crippen LogP contribution < -0.4 is 5.73 Å². The molecule has 4 heteroatoms. The molecule has 2 rings (SSSR count). The Hall–Kier alpha value is -0.960. The van der Waals surface area contributed by atoms with Crippen molar-refractivity contribution in [3.8, 4) is 0 Å². The van der Waals surface area contributed by atoms with Gasteiger partial charge in [0.15, 0.2) is 0 Å². The molecular formula is C14H18Cl2N2. The Labute approximate surface area is 119 Å². The van der Waals surface area contributed by atoms with Gasteiger partial charge in [0.2, 0.25) is 0 Å². The summed E-state index contributed by atoms with van der Waals surface area (Å²) in [6, 6.07) is 12.4. The van der Waals surface area contributed by atoms with E-state index in [1.165, 1.54) is 5.56 Å². The molecule has 2 unspecified atom stereocenters. The SMILES string of the molecule is CC(N)C(Cc1ccc(Cl)cc1)n1cccc1.Cl. The minimum absolute atomic E-state index is 0. The van der Waals surface area contributed by atoms with E-state index in [0.29, 0.717) is 0 Å². The van der Waals surface area contributed by atoms with E-state index in [0.717, 1.165) is 11.4 Å². The normalized spacial score (nSPS) is 13.7. The summed E-state index contributed by atoms with van der Waals surface area (Å²) in [5.74, 6) is 0. The van der Waals surface area contributed by atoms with Gasteiger partial charge in [0.1, 0.15) is 0 Å². The monoisotopic (exact) mass is 284 g/mol. The van der Waals surface area contributed by atoms with Crippen molar-refractivity contribution in [3.05, 3.63) is 59.4 Å². The molecular weight excluding hydrogens is 267 g/mol. The molecule has 98 valence electrons. The van der Waals surface area contributed by atoms with Crippen LogP contribution in [-0.4, -0.2) is 10.6 Å². The summed E-state index contributed by atoms with van der Waals surface area (Å²) < 4.78 is 2.17. The maximum Gasteiger partial charge on any atom is 0.0519 e. The van der Waals surface area contributed by atoms with Crippen molar-refractivity contribution in [2.24, 2.45) is 5.73 Å². The fourth-order valence-electron chi connectivity index (χ4n) is 1.99. The van der Waals surface area contributed by atoms with Crippen molar-refractivity contribution >= 4 is 24.0 Å². The molecule has 0 saturated carbocycles. The predicted octanol–water partition coefficient (Wildman–Crippen LogP) is 3.69. The van der Waals surface area contributed by atoms with E-state index < -0.39 is 0 Å². The van der Waals surface area contributed by atoms with E-state index in [9.17, 15) is 0 Å². The lowest BCUT2D eigenvalue weighted by Crippen LogP contribution is -2.30. The van der Waals surface area contributed by atoms with Crippen molar-refractivity contribution < 1.29 is 0 Å². The maximum atomic E-state index is 6.06. The van der Waals surface area contributed by atoms with Crippen molar-refractivity contribution in [2.45, 2.75) is 25.4 Å². The highest BCUT2D eigenvalue weighted by atomic mass is 35.5. The van der Waals surface area contributed by atoms with Gasteiger partial charge < -0.3 is 10.3 Å². The molecule has 0 amide bonds. The molecule has 0 spiro atoms. The van der Waals surface area contributed by atoms with Gasteiger partial charge in [-0.1, -0.05) is 23.7 Å². The molecule has 1 heterocycles. The number of nitrogens with two attached hydrogens (primary N) is 1. The lowest BCUT2D eigenvalue weighted by Gasteiger charge is -2.23. The Kier molecular flexibility index (Phi) is 5.73. The van der Waals surface area contributed by atoms with Gasteiger partial charge in [-0.15, -0.1) is 12.4 Å². The fourth-order valence-corrected chi connectivity index (χ4v) is 2.12. The van der Waals surface area contributed by atoms with Crippen LogP contribution in [0.5, 0.6) is 0 Å². The van der Waals surface area contributed by atoms with E-state index in [1.54, 1.807) is 0 Å². The highest BCUT2D eigenvalue weighted by Gasteiger charge is 2.15. The largest absolute Gasteiger partial charge is 0.349 e. The third-order valence-corrected chi connectivity index (χ3v) is 3.23. The number of hydrogen-bond donors (Lipinski definition) is 1. The number of aromatic nitrogens is 1. The van der Waals surface area contributed by atoms with Gasteiger partial charge in [-0.05, 0) is 43.2 Å². The third kappa shape index (κ3) is 3.77. The van der Waals surface area contributed by atoms with Crippen LogP contribution >= 0.6 is 24.0 Å². The van der Waals surface area contributed by atoms with Crippen molar-refractivity contribution in [2.75, 3.05) is 0 Å². The highest BCUT2D eigenvalue weighted by Crippen LogP contribution is 2.19. The first-order valence-corrected chi connectivity index (χ1v) is 6.17. The van der Waals surface area contributed by atoms with Crippen LogP contribution in [0.15, 0.2) is 48.8 Å². The first kappa shape index (κ1) is 15.1. The molecule has 1 aromatic carbocycles. The smallest absolute Gasteiger partial charge is 0.0519 e. The number of halogens is 2. The summed E-state index contributed by atoms with van der Waals surface area (Å²) in [6.07, 6.45) is 5.04. The third-order valence-electron chi connectivity index (χ3n) is 2.98. The molecule has 2 aromatic rings. The summed E-state index contributed by atoms with van der Waals surface area (Å²) in [7, 11) is 0. The van der Waals surface area contributed by atoms with E-state index in [4.69, 9.17) is 17.3 Å². The second-order valence-corrected chi connectivity index (χ2v) is 4.82. The van der Waals surface area contributed by atoms with Crippen LogP contribution in [0.3, 0.4) is 0 Å². The molecule has 0 fully saturated rings. The van der Waals surface area contributed by atoms with Gasteiger partial charge in [0.05, 0.1) is 6.04 Å². The van der Waals surface area contributed by atoms with Crippen molar-refractivity contribution in [1.82, 2.24) is 4.57 Å². The van der Waals surface area contributed by atoms with Crippen LogP contribution in [0, 0.1) is 0 Å². The van der Waals surface area contributed by atoms with Crippen LogP contribution in [-0.2, 0) is 6.42 Å². The van der Waals surface area contributed by atoms with E-state index in [-0.39, 0.29) is 24.5 Å². The minimum Gasteiger partial charge on any atom is -0.349 e. The van der Waals surface area contributed by atoms with E-state index in [1.807, 2.05) is 31.2 Å². The zero-order valence-corrected chi connectivity index (χ0v) is 11.9. The molecule has 2 N–H and O–H groups in total. The summed E-state index contributed by atoms with van der Waals surface area (Å²) in [6.45, 7) is 2.04. The topological polar surface area (TPSA) is 30.9 Å². The summed E-state index contributed by atoms with van der Waals surface area (Å²) in [5.41, 5.74) is 7.31. The van der Waals surface area contributed by atoms with Gasteiger partial charge in [0, 0.05) is 23.5 Å². The summed E-state index contributed by atoms with van der Waals surface area (Å²) in [5, 5.41) is 0.770.